The molecule has 0 aliphatic heterocycles. The number of hydrogen-bond acceptors (Lipinski definition) is 1. The van der Waals surface area contributed by atoms with E-state index in [1.165, 1.54) is 88.7 Å². The summed E-state index contributed by atoms with van der Waals surface area (Å²) in [5.41, 5.74) is 21.2. The molecular formula is C56H39N. The van der Waals surface area contributed by atoms with Crippen molar-refractivity contribution in [2.75, 3.05) is 4.90 Å². The third-order valence-corrected chi connectivity index (χ3v) is 13.3. The molecule has 1 spiro atoms. The van der Waals surface area contributed by atoms with Gasteiger partial charge in [0.1, 0.15) is 0 Å². The average Bonchev–Trinajstić information content (AvgIpc) is 3.69. The van der Waals surface area contributed by atoms with Crippen molar-refractivity contribution in [3.63, 3.8) is 0 Å². The number of benzene rings is 9. The Morgan fingerprint density at radius 3 is 1.49 bits per heavy atom. The molecule has 0 aromatic heterocycles. The summed E-state index contributed by atoms with van der Waals surface area (Å²) in [6.45, 7) is 4.75. The fraction of sp³-hybridized carbons (Fsp3) is 0.0714. The lowest BCUT2D eigenvalue weighted by Crippen LogP contribution is -2.32. The summed E-state index contributed by atoms with van der Waals surface area (Å²) in [5, 5.41) is 2.62. The minimum atomic E-state index is -0.501. The first-order valence-electron chi connectivity index (χ1n) is 20.1. The van der Waals surface area contributed by atoms with Crippen molar-refractivity contribution in [1.29, 1.82) is 0 Å². The Morgan fingerprint density at radius 1 is 0.333 bits per heavy atom. The molecule has 0 bridgehead atoms. The van der Waals surface area contributed by atoms with Gasteiger partial charge in [-0.1, -0.05) is 184 Å². The lowest BCUT2D eigenvalue weighted by atomic mass is 9.61. The van der Waals surface area contributed by atoms with E-state index in [4.69, 9.17) is 0 Å². The number of para-hydroxylation sites is 1. The fourth-order valence-electron chi connectivity index (χ4n) is 10.8. The Kier molecular flexibility index (Phi) is 6.67. The van der Waals surface area contributed by atoms with Crippen molar-refractivity contribution in [3.8, 4) is 44.5 Å². The molecule has 0 saturated carbocycles. The molecule has 1 heteroatoms. The van der Waals surface area contributed by atoms with E-state index in [-0.39, 0.29) is 5.41 Å². The third-order valence-electron chi connectivity index (χ3n) is 13.3. The molecule has 57 heavy (non-hydrogen) atoms. The maximum atomic E-state index is 2.53. The van der Waals surface area contributed by atoms with E-state index in [1.54, 1.807) is 0 Å². The monoisotopic (exact) mass is 725 g/mol. The Labute approximate surface area is 334 Å². The fourth-order valence-corrected chi connectivity index (χ4v) is 10.8. The Balaban J connectivity index is 1.18. The van der Waals surface area contributed by atoms with Gasteiger partial charge in [0, 0.05) is 22.4 Å². The van der Waals surface area contributed by atoms with Crippen molar-refractivity contribution in [1.82, 2.24) is 0 Å². The van der Waals surface area contributed by atoms with Crippen LogP contribution in [0.15, 0.2) is 200 Å². The van der Waals surface area contributed by atoms with Gasteiger partial charge in [0.25, 0.3) is 0 Å². The summed E-state index contributed by atoms with van der Waals surface area (Å²) < 4.78 is 0. The molecule has 0 atom stereocenters. The second kappa shape index (κ2) is 11.8. The molecule has 9 aromatic rings. The van der Waals surface area contributed by atoms with Crippen LogP contribution in [0.2, 0.25) is 0 Å². The molecule has 0 N–H and O–H groups in total. The molecule has 9 aromatic carbocycles. The molecule has 0 heterocycles. The summed E-state index contributed by atoms with van der Waals surface area (Å²) in [6.07, 6.45) is 0. The summed E-state index contributed by atoms with van der Waals surface area (Å²) in [7, 11) is 0. The third kappa shape index (κ3) is 4.29. The van der Waals surface area contributed by atoms with Crippen LogP contribution >= 0.6 is 0 Å². The van der Waals surface area contributed by atoms with E-state index in [9.17, 15) is 0 Å². The zero-order chi connectivity index (χ0) is 37.9. The van der Waals surface area contributed by atoms with Gasteiger partial charge in [-0.2, -0.15) is 0 Å². The SMILES string of the molecule is CC1(C)c2ccccc2-c2ccc(N(c3ccc4c(c3)C3(c5ccccc5-c5ccccc53)c3cccc5cccc-4c35)c3ccccc3-c3ccccc3)cc21. The van der Waals surface area contributed by atoms with Gasteiger partial charge in [-0.05, 0) is 113 Å². The van der Waals surface area contributed by atoms with Crippen molar-refractivity contribution in [2.24, 2.45) is 0 Å². The average molecular weight is 726 g/mol. The molecule has 0 fully saturated rings. The minimum Gasteiger partial charge on any atom is -0.310 e. The molecule has 1 nitrogen and oxygen atoms in total. The maximum absolute atomic E-state index is 2.53. The first kappa shape index (κ1) is 32.3. The quantitative estimate of drug-likeness (QED) is 0.175. The minimum absolute atomic E-state index is 0.133. The van der Waals surface area contributed by atoms with Crippen LogP contribution in [-0.4, -0.2) is 0 Å². The van der Waals surface area contributed by atoms with Crippen LogP contribution in [0.5, 0.6) is 0 Å². The van der Waals surface area contributed by atoms with Crippen molar-refractivity contribution >= 4 is 27.8 Å². The van der Waals surface area contributed by atoms with Gasteiger partial charge >= 0.3 is 0 Å². The van der Waals surface area contributed by atoms with Gasteiger partial charge in [-0.3, -0.25) is 0 Å². The second-order valence-corrected chi connectivity index (χ2v) is 16.4. The van der Waals surface area contributed by atoms with E-state index in [1.807, 2.05) is 0 Å². The van der Waals surface area contributed by atoms with Crippen LogP contribution < -0.4 is 4.90 Å². The number of nitrogens with zero attached hydrogens (tertiary/aromatic N) is 1. The van der Waals surface area contributed by atoms with Crippen LogP contribution in [-0.2, 0) is 10.8 Å². The van der Waals surface area contributed by atoms with Crippen LogP contribution in [0.3, 0.4) is 0 Å². The lowest BCUT2D eigenvalue weighted by molar-refractivity contribution is 0.660. The van der Waals surface area contributed by atoms with Crippen LogP contribution in [0, 0.1) is 0 Å². The van der Waals surface area contributed by atoms with Crippen molar-refractivity contribution in [3.05, 3.63) is 234 Å². The summed E-state index contributed by atoms with van der Waals surface area (Å²) >= 11 is 0. The maximum Gasteiger partial charge on any atom is 0.0726 e. The van der Waals surface area contributed by atoms with Crippen LogP contribution in [0.1, 0.15) is 47.2 Å². The molecule has 0 radical (unpaired) electrons. The molecular weight excluding hydrogens is 687 g/mol. The highest BCUT2D eigenvalue weighted by atomic mass is 15.1. The highest BCUT2D eigenvalue weighted by molar-refractivity contribution is 6.07. The predicted octanol–water partition coefficient (Wildman–Crippen LogP) is 14.6. The van der Waals surface area contributed by atoms with Gasteiger partial charge in [-0.15, -0.1) is 0 Å². The van der Waals surface area contributed by atoms with Crippen LogP contribution in [0.4, 0.5) is 17.1 Å². The van der Waals surface area contributed by atoms with E-state index < -0.39 is 5.41 Å². The van der Waals surface area contributed by atoms with Gasteiger partial charge in [-0.25, -0.2) is 0 Å². The summed E-state index contributed by atoms with van der Waals surface area (Å²) in [6, 6.07) is 75.1. The summed E-state index contributed by atoms with van der Waals surface area (Å²) in [4.78, 5) is 2.52. The topological polar surface area (TPSA) is 3.24 Å². The van der Waals surface area contributed by atoms with E-state index in [2.05, 4.69) is 219 Å². The van der Waals surface area contributed by atoms with Gasteiger partial charge in [0.05, 0.1) is 11.1 Å². The molecule has 3 aliphatic carbocycles. The molecule has 0 saturated heterocycles. The van der Waals surface area contributed by atoms with Gasteiger partial charge < -0.3 is 4.90 Å². The smallest absolute Gasteiger partial charge is 0.0726 e. The Bertz CT molecular complexity index is 3060. The van der Waals surface area contributed by atoms with E-state index in [0.29, 0.717) is 0 Å². The molecule has 268 valence electrons. The highest BCUT2D eigenvalue weighted by Crippen LogP contribution is 2.62. The Hall–Kier alpha value is -6.96. The molecule has 0 amide bonds. The predicted molar refractivity (Wildman–Crippen MR) is 238 cm³/mol. The number of hydrogen-bond donors (Lipinski definition) is 0. The standard InChI is InChI=1S/C56H39N/c1-55(2)47-25-10-6-21-41(47)44-32-30-38(34-51(44)55)57(53-29-13-9-20-40(53)36-16-4-3-5-17-36)39-31-33-45-46-24-14-18-37-19-15-28-50(54(37)46)56(52(45)35-39)48-26-11-7-22-42(48)43-23-8-12-27-49(43)56/h3-35H,1-2H3. The molecule has 3 aliphatic rings. The Morgan fingerprint density at radius 2 is 0.807 bits per heavy atom. The van der Waals surface area contributed by atoms with Crippen LogP contribution in [0.25, 0.3) is 55.3 Å². The first-order chi connectivity index (χ1) is 28.0. The normalized spacial score (nSPS) is 14.4. The second-order valence-electron chi connectivity index (χ2n) is 16.4. The summed E-state index contributed by atoms with van der Waals surface area (Å²) in [5.74, 6) is 0. The lowest BCUT2D eigenvalue weighted by Gasteiger charge is -2.41. The van der Waals surface area contributed by atoms with Gasteiger partial charge in [0.2, 0.25) is 0 Å². The molecule has 12 rings (SSSR count). The number of anilines is 3. The molecule has 0 unspecified atom stereocenters. The van der Waals surface area contributed by atoms with Crippen molar-refractivity contribution in [2.45, 2.75) is 24.7 Å². The first-order valence-corrected chi connectivity index (χ1v) is 20.1. The number of fused-ring (bicyclic) bond motifs is 12. The highest BCUT2D eigenvalue weighted by Gasteiger charge is 2.50. The zero-order valence-corrected chi connectivity index (χ0v) is 32.0. The largest absolute Gasteiger partial charge is 0.310 e. The van der Waals surface area contributed by atoms with Gasteiger partial charge in [0.15, 0.2) is 0 Å². The van der Waals surface area contributed by atoms with E-state index in [0.717, 1.165) is 17.1 Å². The van der Waals surface area contributed by atoms with E-state index >= 15 is 0 Å². The van der Waals surface area contributed by atoms with Crippen molar-refractivity contribution < 1.29 is 0 Å². The zero-order valence-electron chi connectivity index (χ0n) is 32.0. The number of rotatable bonds is 4.